The molecule has 0 heterocycles. The highest BCUT2D eigenvalue weighted by molar-refractivity contribution is 7.80. The molecular formula is C17H29N5O9S. The Labute approximate surface area is 188 Å². The molecule has 0 aliphatic carbocycles. The average molecular weight is 480 g/mol. The minimum Gasteiger partial charge on any atom is -0.481 e. The summed E-state index contributed by atoms with van der Waals surface area (Å²) in [6.07, 6.45) is -3.02. The molecule has 0 saturated carbocycles. The Kier molecular flexibility index (Phi) is 12.9. The normalized spacial score (nSPS) is 15.4. The van der Waals surface area contributed by atoms with Gasteiger partial charge in [-0.05, 0) is 19.8 Å². The van der Waals surface area contributed by atoms with Crippen molar-refractivity contribution in [3.63, 3.8) is 0 Å². The van der Waals surface area contributed by atoms with Crippen LogP contribution in [0.3, 0.4) is 0 Å². The molecule has 0 radical (unpaired) electrons. The van der Waals surface area contributed by atoms with Gasteiger partial charge in [0.15, 0.2) is 0 Å². The lowest BCUT2D eigenvalue weighted by Gasteiger charge is -2.26. The van der Waals surface area contributed by atoms with Crippen molar-refractivity contribution in [1.82, 2.24) is 16.0 Å². The third-order valence-corrected chi connectivity index (χ3v) is 4.56. The number of carboxylic acid groups (broad SMARTS) is 2. The molecule has 32 heavy (non-hydrogen) atoms. The van der Waals surface area contributed by atoms with Crippen LogP contribution in [-0.4, -0.2) is 86.9 Å². The van der Waals surface area contributed by atoms with E-state index in [4.69, 9.17) is 16.6 Å². The Bertz CT molecular complexity index is 719. The first-order chi connectivity index (χ1) is 14.8. The molecule has 0 fully saturated rings. The monoisotopic (exact) mass is 479 g/mol. The van der Waals surface area contributed by atoms with Gasteiger partial charge in [-0.25, -0.2) is 4.79 Å². The van der Waals surface area contributed by atoms with Crippen LogP contribution < -0.4 is 27.4 Å². The van der Waals surface area contributed by atoms with Crippen LogP contribution in [0.15, 0.2) is 0 Å². The maximum Gasteiger partial charge on any atom is 0.326 e. The number of hydrogen-bond acceptors (Lipinski definition) is 9. The van der Waals surface area contributed by atoms with Gasteiger partial charge < -0.3 is 42.7 Å². The van der Waals surface area contributed by atoms with Gasteiger partial charge in [-0.15, -0.1) is 0 Å². The lowest BCUT2D eigenvalue weighted by Crippen LogP contribution is -2.60. The van der Waals surface area contributed by atoms with Gasteiger partial charge in [0.1, 0.15) is 18.1 Å². The van der Waals surface area contributed by atoms with Gasteiger partial charge in [0.2, 0.25) is 23.6 Å². The highest BCUT2D eigenvalue weighted by atomic mass is 32.1. The number of aliphatic hydroxyl groups excluding tert-OH is 1. The van der Waals surface area contributed by atoms with Crippen LogP contribution in [-0.2, 0) is 28.8 Å². The summed E-state index contributed by atoms with van der Waals surface area (Å²) < 4.78 is 0. The van der Waals surface area contributed by atoms with Gasteiger partial charge in [0.05, 0.1) is 12.1 Å². The lowest BCUT2D eigenvalue weighted by molar-refractivity contribution is -0.143. The van der Waals surface area contributed by atoms with Crippen LogP contribution in [0.4, 0.5) is 0 Å². The Hall–Kier alpha value is -2.91. The predicted molar refractivity (Wildman–Crippen MR) is 112 cm³/mol. The van der Waals surface area contributed by atoms with Crippen LogP contribution in [0.25, 0.3) is 0 Å². The molecule has 10 N–H and O–H groups in total. The molecule has 5 atom stereocenters. The first-order valence-corrected chi connectivity index (χ1v) is 10.1. The second kappa shape index (κ2) is 14.2. The van der Waals surface area contributed by atoms with Crippen molar-refractivity contribution in [1.29, 1.82) is 0 Å². The van der Waals surface area contributed by atoms with Crippen molar-refractivity contribution in [3.05, 3.63) is 0 Å². The Balaban J connectivity index is 5.42. The number of nitrogens with two attached hydrogens (primary N) is 2. The van der Waals surface area contributed by atoms with E-state index in [1.165, 1.54) is 0 Å². The summed E-state index contributed by atoms with van der Waals surface area (Å²) in [6.45, 7) is 1.14. The molecule has 0 aromatic carbocycles. The van der Waals surface area contributed by atoms with Crippen LogP contribution in [0.1, 0.15) is 32.6 Å². The second-order valence-corrected chi connectivity index (χ2v) is 7.28. The number of aliphatic hydroxyl groups is 1. The van der Waals surface area contributed by atoms with E-state index < -0.39 is 72.3 Å². The van der Waals surface area contributed by atoms with Crippen molar-refractivity contribution >= 4 is 48.2 Å². The number of thiol groups is 1. The fraction of sp³-hybridized carbons (Fsp3) is 0.647. The summed E-state index contributed by atoms with van der Waals surface area (Å²) in [5.74, 6) is -6.44. The smallest absolute Gasteiger partial charge is 0.326 e. The Morgan fingerprint density at radius 1 is 0.875 bits per heavy atom. The fourth-order valence-electron chi connectivity index (χ4n) is 2.36. The number of nitrogens with one attached hydrogen (secondary N) is 3. The van der Waals surface area contributed by atoms with E-state index >= 15 is 0 Å². The molecule has 0 spiro atoms. The number of carbonyl (C=O) groups is 6. The van der Waals surface area contributed by atoms with E-state index in [1.54, 1.807) is 0 Å². The highest BCUT2D eigenvalue weighted by Gasteiger charge is 2.32. The summed E-state index contributed by atoms with van der Waals surface area (Å²) in [4.78, 5) is 70.1. The fourth-order valence-corrected chi connectivity index (χ4v) is 2.53. The van der Waals surface area contributed by atoms with E-state index in [0.717, 1.165) is 6.92 Å². The van der Waals surface area contributed by atoms with Gasteiger partial charge in [0, 0.05) is 18.6 Å². The van der Waals surface area contributed by atoms with Crippen molar-refractivity contribution in [2.45, 2.75) is 62.9 Å². The zero-order valence-corrected chi connectivity index (χ0v) is 18.2. The average Bonchev–Trinajstić information content (AvgIpc) is 2.70. The third kappa shape index (κ3) is 10.9. The molecule has 0 aliphatic heterocycles. The number of rotatable bonds is 15. The minimum atomic E-state index is -1.65. The van der Waals surface area contributed by atoms with Gasteiger partial charge in [-0.2, -0.15) is 12.6 Å². The third-order valence-electron chi connectivity index (χ3n) is 4.17. The predicted octanol–water partition coefficient (Wildman–Crippen LogP) is -3.71. The standard InChI is InChI=1S/C17H29N5O9S/c1-7(23)13(16(29)21-10(17(30)31)2-4-11(19)24)22-15(28)9(3-5-12(25)26)20-14(27)8(18)6-32/h7-10,13,23,32H,2-6,18H2,1H3,(H2,19,24)(H,20,27)(H,21,29)(H,22,28)(H,25,26)(H,30,31). The molecule has 182 valence electrons. The van der Waals surface area contributed by atoms with Crippen molar-refractivity contribution in [2.75, 3.05) is 5.75 Å². The number of aliphatic carboxylic acids is 2. The Morgan fingerprint density at radius 3 is 1.84 bits per heavy atom. The summed E-state index contributed by atoms with van der Waals surface area (Å²) >= 11 is 3.86. The molecule has 0 saturated heterocycles. The number of hydrogen-bond donors (Lipinski definition) is 9. The minimum absolute atomic E-state index is 0.0559. The first-order valence-electron chi connectivity index (χ1n) is 9.48. The topological polar surface area (TPSA) is 251 Å². The molecule has 0 aromatic rings. The summed E-state index contributed by atoms with van der Waals surface area (Å²) in [5.41, 5.74) is 10.5. The molecule has 0 bridgehead atoms. The Morgan fingerprint density at radius 2 is 1.41 bits per heavy atom. The largest absolute Gasteiger partial charge is 0.481 e. The molecule has 0 aliphatic rings. The number of carbonyl (C=O) groups excluding carboxylic acids is 4. The van der Waals surface area contributed by atoms with E-state index in [-0.39, 0.29) is 25.0 Å². The van der Waals surface area contributed by atoms with Crippen LogP contribution in [0.5, 0.6) is 0 Å². The van der Waals surface area contributed by atoms with Crippen molar-refractivity contribution in [3.8, 4) is 0 Å². The number of primary amides is 1. The lowest BCUT2D eigenvalue weighted by atomic mass is 10.1. The van der Waals surface area contributed by atoms with Crippen molar-refractivity contribution in [2.24, 2.45) is 11.5 Å². The summed E-state index contributed by atoms with van der Waals surface area (Å²) in [6, 6.07) is -5.68. The maximum atomic E-state index is 12.6. The van der Waals surface area contributed by atoms with Crippen LogP contribution >= 0.6 is 12.6 Å². The summed E-state index contributed by atoms with van der Waals surface area (Å²) in [5, 5.41) is 34.4. The van der Waals surface area contributed by atoms with Crippen LogP contribution in [0, 0.1) is 0 Å². The zero-order valence-electron chi connectivity index (χ0n) is 17.3. The molecule has 0 rings (SSSR count). The maximum absolute atomic E-state index is 12.6. The molecule has 14 nitrogen and oxygen atoms in total. The molecular weight excluding hydrogens is 450 g/mol. The SMILES string of the molecule is CC(O)C(NC(=O)C(CCC(=O)O)NC(=O)C(N)CS)C(=O)NC(CCC(N)=O)C(=O)O. The van der Waals surface area contributed by atoms with Crippen LogP contribution in [0.2, 0.25) is 0 Å². The van der Waals surface area contributed by atoms with Gasteiger partial charge in [-0.1, -0.05) is 0 Å². The number of amides is 4. The van der Waals surface area contributed by atoms with Gasteiger partial charge >= 0.3 is 11.9 Å². The molecule has 5 unspecified atom stereocenters. The summed E-state index contributed by atoms with van der Waals surface area (Å²) in [7, 11) is 0. The van der Waals surface area contributed by atoms with Crippen molar-refractivity contribution < 1.29 is 44.1 Å². The number of carboxylic acids is 2. The first kappa shape index (κ1) is 29.1. The highest BCUT2D eigenvalue weighted by Crippen LogP contribution is 2.04. The molecule has 4 amide bonds. The van der Waals surface area contributed by atoms with Gasteiger partial charge in [0.25, 0.3) is 0 Å². The molecule has 15 heteroatoms. The van der Waals surface area contributed by atoms with E-state index in [2.05, 4.69) is 28.6 Å². The van der Waals surface area contributed by atoms with E-state index in [9.17, 15) is 39.0 Å². The van der Waals surface area contributed by atoms with E-state index in [1.807, 2.05) is 0 Å². The van der Waals surface area contributed by atoms with Gasteiger partial charge in [-0.3, -0.25) is 24.0 Å². The zero-order chi connectivity index (χ0) is 25.0. The quantitative estimate of drug-likeness (QED) is 0.104. The van der Waals surface area contributed by atoms with E-state index in [0.29, 0.717) is 0 Å². The second-order valence-electron chi connectivity index (χ2n) is 6.91. The molecule has 0 aromatic heterocycles.